The molecule has 0 amide bonds. The van der Waals surface area contributed by atoms with Crippen LogP contribution >= 0.6 is 0 Å². The summed E-state index contributed by atoms with van der Waals surface area (Å²) >= 11 is 0. The molecule has 0 saturated heterocycles. The highest BCUT2D eigenvalue weighted by Crippen LogP contribution is 2.18. The first kappa shape index (κ1) is 15.5. The second kappa shape index (κ2) is 9.35. The molecule has 0 saturated carbocycles. The first-order valence-corrected chi connectivity index (χ1v) is 6.19. The van der Waals surface area contributed by atoms with Crippen LogP contribution in [0, 0.1) is 6.61 Å². The zero-order valence-electron chi connectivity index (χ0n) is 11.3. The Bertz CT molecular complexity index is 378. The van der Waals surface area contributed by atoms with Crippen LogP contribution in [0.5, 0.6) is 5.75 Å². The van der Waals surface area contributed by atoms with Crippen LogP contribution in [0.2, 0.25) is 0 Å². The minimum Gasteiger partial charge on any atom is -0.496 e. The predicted molar refractivity (Wildman–Crippen MR) is 69.5 cm³/mol. The molecule has 0 aliphatic carbocycles. The van der Waals surface area contributed by atoms with E-state index in [2.05, 4.69) is 16.7 Å². The van der Waals surface area contributed by atoms with Crippen LogP contribution in [0.25, 0.3) is 0 Å². The van der Waals surface area contributed by atoms with Gasteiger partial charge < -0.3 is 9.47 Å². The molecule has 105 valence electrons. The van der Waals surface area contributed by atoms with E-state index < -0.39 is 5.97 Å². The molecule has 5 heteroatoms. The maximum Gasteiger partial charge on any atom is 0.376 e. The number of methoxy groups -OCH3 is 1. The van der Waals surface area contributed by atoms with Crippen molar-refractivity contribution >= 4 is 5.97 Å². The molecule has 1 aromatic carbocycles. The van der Waals surface area contributed by atoms with Gasteiger partial charge in [0.05, 0.1) is 13.7 Å². The molecule has 0 atom stereocenters. The van der Waals surface area contributed by atoms with E-state index >= 15 is 0 Å². The Kier molecular flexibility index (Phi) is 7.62. The second-order valence-electron chi connectivity index (χ2n) is 3.76. The van der Waals surface area contributed by atoms with Crippen LogP contribution < -0.4 is 4.74 Å². The molecule has 1 aromatic rings. The summed E-state index contributed by atoms with van der Waals surface area (Å²) in [5.74, 6) is -0.169. The molecule has 0 heterocycles. The van der Waals surface area contributed by atoms with Gasteiger partial charge in [0.2, 0.25) is 0 Å². The largest absolute Gasteiger partial charge is 0.496 e. The van der Waals surface area contributed by atoms with Crippen molar-refractivity contribution in [3.63, 3.8) is 0 Å². The fourth-order valence-electron chi connectivity index (χ4n) is 1.34. The summed E-state index contributed by atoms with van der Waals surface area (Å²) in [6, 6.07) is 6.76. The average molecular weight is 267 g/mol. The highest BCUT2D eigenvalue weighted by atomic mass is 17.2. The monoisotopic (exact) mass is 267 g/mol. The standard InChI is InChI=1S/C14H19O5/c1-3-4-9-17-10-11-18-19-14(15)12-7-5-6-8-13(12)16-2/h5-8,11H,3-4,9-10H2,1-2H3. The summed E-state index contributed by atoms with van der Waals surface area (Å²) in [4.78, 5) is 21.0. The van der Waals surface area contributed by atoms with Gasteiger partial charge in [0, 0.05) is 6.61 Å². The van der Waals surface area contributed by atoms with Crippen molar-refractivity contribution in [3.8, 4) is 5.75 Å². The zero-order chi connectivity index (χ0) is 13.9. The predicted octanol–water partition coefficient (Wildman–Crippen LogP) is 2.76. The Hall–Kier alpha value is -1.59. The van der Waals surface area contributed by atoms with Gasteiger partial charge in [0.15, 0.2) is 6.61 Å². The van der Waals surface area contributed by atoms with Gasteiger partial charge in [0.1, 0.15) is 11.3 Å². The third-order valence-electron chi connectivity index (χ3n) is 2.35. The molecule has 0 N–H and O–H groups in total. The molecule has 0 fully saturated rings. The van der Waals surface area contributed by atoms with Crippen LogP contribution in [-0.4, -0.2) is 26.3 Å². The SMILES string of the molecule is CCCCOC[CH]OOC(=O)c1ccccc1OC. The number of rotatable bonds is 9. The van der Waals surface area contributed by atoms with Crippen molar-refractivity contribution in [2.75, 3.05) is 20.3 Å². The molecule has 19 heavy (non-hydrogen) atoms. The lowest BCUT2D eigenvalue weighted by molar-refractivity contribution is -0.218. The van der Waals surface area contributed by atoms with Gasteiger partial charge in [-0.1, -0.05) is 25.5 Å². The number of carbonyl (C=O) groups is 1. The molecule has 0 aliphatic heterocycles. The van der Waals surface area contributed by atoms with Crippen molar-refractivity contribution in [2.24, 2.45) is 0 Å². The molecule has 0 aromatic heterocycles. The lowest BCUT2D eigenvalue weighted by Crippen LogP contribution is -2.08. The van der Waals surface area contributed by atoms with E-state index in [4.69, 9.17) is 9.47 Å². The zero-order valence-corrected chi connectivity index (χ0v) is 11.3. The van der Waals surface area contributed by atoms with Gasteiger partial charge in [-0.2, -0.15) is 4.89 Å². The van der Waals surface area contributed by atoms with Crippen molar-refractivity contribution < 1.29 is 24.0 Å². The average Bonchev–Trinajstić information content (AvgIpc) is 2.46. The van der Waals surface area contributed by atoms with Crippen molar-refractivity contribution in [1.29, 1.82) is 0 Å². The summed E-state index contributed by atoms with van der Waals surface area (Å²) < 4.78 is 10.3. The van der Waals surface area contributed by atoms with Gasteiger partial charge in [-0.3, -0.25) is 4.89 Å². The number of para-hydroxylation sites is 1. The fourth-order valence-corrected chi connectivity index (χ4v) is 1.34. The van der Waals surface area contributed by atoms with E-state index in [1.807, 2.05) is 0 Å². The number of hydrogen-bond acceptors (Lipinski definition) is 5. The maximum atomic E-state index is 11.7. The van der Waals surface area contributed by atoms with E-state index in [1.54, 1.807) is 24.3 Å². The molecule has 1 radical (unpaired) electrons. The summed E-state index contributed by atoms with van der Waals surface area (Å²) in [6.45, 7) is 4.32. The highest BCUT2D eigenvalue weighted by Gasteiger charge is 2.13. The Labute approximate surface area is 113 Å². The summed E-state index contributed by atoms with van der Waals surface area (Å²) in [7, 11) is 1.49. The first-order valence-electron chi connectivity index (χ1n) is 6.19. The van der Waals surface area contributed by atoms with E-state index in [-0.39, 0.29) is 6.61 Å². The van der Waals surface area contributed by atoms with Crippen molar-refractivity contribution in [3.05, 3.63) is 36.4 Å². The normalized spacial score (nSPS) is 10.2. The van der Waals surface area contributed by atoms with Crippen molar-refractivity contribution in [1.82, 2.24) is 0 Å². The van der Waals surface area contributed by atoms with Crippen LogP contribution in [0.15, 0.2) is 24.3 Å². The fraction of sp³-hybridized carbons (Fsp3) is 0.429. The van der Waals surface area contributed by atoms with Gasteiger partial charge in [0.25, 0.3) is 0 Å². The molecule has 5 nitrogen and oxygen atoms in total. The Morgan fingerprint density at radius 1 is 1.32 bits per heavy atom. The van der Waals surface area contributed by atoms with E-state index in [1.165, 1.54) is 13.7 Å². The number of unbranched alkanes of at least 4 members (excludes halogenated alkanes) is 1. The van der Waals surface area contributed by atoms with Crippen LogP contribution in [-0.2, 0) is 14.5 Å². The molecule has 0 spiro atoms. The third kappa shape index (κ3) is 5.72. The Morgan fingerprint density at radius 2 is 2.11 bits per heavy atom. The smallest absolute Gasteiger partial charge is 0.376 e. The van der Waals surface area contributed by atoms with E-state index in [0.29, 0.717) is 17.9 Å². The first-order chi connectivity index (χ1) is 9.29. The lowest BCUT2D eigenvalue weighted by atomic mass is 10.2. The highest BCUT2D eigenvalue weighted by molar-refractivity contribution is 5.92. The van der Waals surface area contributed by atoms with Crippen molar-refractivity contribution in [2.45, 2.75) is 19.8 Å². The molecule has 0 bridgehead atoms. The van der Waals surface area contributed by atoms with Crippen LogP contribution in [0.4, 0.5) is 0 Å². The Morgan fingerprint density at radius 3 is 2.84 bits per heavy atom. The molecule has 0 aliphatic rings. The lowest BCUT2D eigenvalue weighted by Gasteiger charge is -2.07. The van der Waals surface area contributed by atoms with Gasteiger partial charge in [-0.15, -0.1) is 0 Å². The number of hydrogen-bond donors (Lipinski definition) is 0. The van der Waals surface area contributed by atoms with E-state index in [9.17, 15) is 4.79 Å². The third-order valence-corrected chi connectivity index (χ3v) is 2.35. The summed E-state index contributed by atoms with van der Waals surface area (Å²) in [5, 5.41) is 0. The number of benzene rings is 1. The quantitative estimate of drug-likeness (QED) is 0.391. The Balaban J connectivity index is 2.24. The minimum absolute atomic E-state index is 0.277. The number of ether oxygens (including phenoxy) is 2. The van der Waals surface area contributed by atoms with Gasteiger partial charge >= 0.3 is 5.97 Å². The molecule has 1 rings (SSSR count). The maximum absolute atomic E-state index is 11.7. The second-order valence-corrected chi connectivity index (χ2v) is 3.76. The number of carbonyl (C=O) groups excluding carboxylic acids is 1. The van der Waals surface area contributed by atoms with Crippen LogP contribution in [0.1, 0.15) is 30.1 Å². The molecular weight excluding hydrogens is 248 g/mol. The molecule has 0 unspecified atom stereocenters. The summed E-state index contributed by atoms with van der Waals surface area (Å²) in [6.07, 6.45) is 2.07. The summed E-state index contributed by atoms with van der Waals surface area (Å²) in [5.41, 5.74) is 0.310. The van der Waals surface area contributed by atoms with Gasteiger partial charge in [-0.25, -0.2) is 4.79 Å². The van der Waals surface area contributed by atoms with Crippen LogP contribution in [0.3, 0.4) is 0 Å². The topological polar surface area (TPSA) is 54.0 Å². The minimum atomic E-state index is -0.609. The molecular formula is C14H19O5. The van der Waals surface area contributed by atoms with Gasteiger partial charge in [-0.05, 0) is 18.6 Å². The van der Waals surface area contributed by atoms with E-state index in [0.717, 1.165) is 12.8 Å².